The Bertz CT molecular complexity index is 1020. The number of hydrogen-bond acceptors (Lipinski definition) is 5. The summed E-state index contributed by atoms with van der Waals surface area (Å²) in [5, 5.41) is 24.4. The lowest BCUT2D eigenvalue weighted by molar-refractivity contribution is -0.236. The lowest BCUT2D eigenvalue weighted by atomic mass is 9.43. The second-order valence-corrected chi connectivity index (χ2v) is 16.5. The van der Waals surface area contributed by atoms with Crippen LogP contribution in [-0.2, 0) is 14.6 Å². The quantitative estimate of drug-likeness (QED) is 0.465. The van der Waals surface area contributed by atoms with Crippen LogP contribution >= 0.6 is 0 Å². The molecule has 1 amide bonds. The molecule has 5 fully saturated rings. The number of carbonyl (C=O) groups excluding carboxylic acids is 1. The van der Waals surface area contributed by atoms with Crippen molar-refractivity contribution < 1.29 is 32.2 Å². The molecule has 1 heterocycles. The van der Waals surface area contributed by atoms with Crippen molar-refractivity contribution in [2.75, 3.05) is 11.5 Å². The number of carbonyl (C=O) groups is 1. The van der Waals surface area contributed by atoms with E-state index in [-0.39, 0.29) is 65.4 Å². The maximum atomic E-state index is 14.7. The SMILES string of the molecule is C[C@H](CCC(=O)NC1CCCS(=O)(=O)C1)[C@H]1CC[C@H]2[C@@H]3[C@@H](O)C[C@@H]4C[C@@H](O)C(F)(F)C[C@]4(C)[C@H]3CC[C@]12C. The van der Waals surface area contributed by atoms with E-state index in [0.29, 0.717) is 37.5 Å². The molecule has 5 aliphatic rings. The molecule has 3 N–H and O–H groups in total. The minimum atomic E-state index is -3.08. The van der Waals surface area contributed by atoms with Crippen molar-refractivity contribution >= 4 is 15.7 Å². The van der Waals surface area contributed by atoms with Gasteiger partial charge in [-0.05, 0) is 104 Å². The molecular formula is C29H47F2NO5S. The Hall–Kier alpha value is -0.800. The van der Waals surface area contributed by atoms with Crippen LogP contribution in [0.3, 0.4) is 0 Å². The molecule has 0 spiro atoms. The Kier molecular flexibility index (Phi) is 7.51. The smallest absolute Gasteiger partial charge is 0.274 e. The van der Waals surface area contributed by atoms with E-state index in [1.165, 1.54) is 0 Å². The van der Waals surface area contributed by atoms with Gasteiger partial charge >= 0.3 is 0 Å². The van der Waals surface area contributed by atoms with Crippen LogP contribution in [0, 0.1) is 46.3 Å². The van der Waals surface area contributed by atoms with Gasteiger partial charge in [0, 0.05) is 18.9 Å². The van der Waals surface area contributed by atoms with Gasteiger partial charge in [0.05, 0.1) is 17.6 Å². The van der Waals surface area contributed by atoms with E-state index in [1.807, 2.05) is 6.92 Å². The fraction of sp³-hybridized carbons (Fsp3) is 0.966. The molecule has 0 aromatic heterocycles. The lowest BCUT2D eigenvalue weighted by Gasteiger charge is -2.63. The third-order valence-electron chi connectivity index (χ3n) is 12.1. The maximum Gasteiger partial charge on any atom is 0.274 e. The average molecular weight is 560 g/mol. The maximum absolute atomic E-state index is 14.7. The highest BCUT2D eigenvalue weighted by Crippen LogP contribution is 2.69. The van der Waals surface area contributed by atoms with Crippen LogP contribution in [0.5, 0.6) is 0 Å². The molecule has 6 nitrogen and oxygen atoms in total. The van der Waals surface area contributed by atoms with Gasteiger partial charge in [0.25, 0.3) is 5.92 Å². The molecular weight excluding hydrogens is 512 g/mol. The standard InChI is InChI=1S/C29H47F2NO5S/c1-17(6-9-25(35)32-19-5-4-12-38(36,37)15-19)20-7-8-21-26-22(10-11-27(20,21)2)28(3)16-29(30,31)24(34)14-18(28)13-23(26)33/h17-24,26,33-34H,4-16H2,1-3H3,(H,32,35)/t17-,18-,19?,20-,21+,22+,23+,24-,26+,27-,28+/m1/s1. The summed E-state index contributed by atoms with van der Waals surface area (Å²) in [5.74, 6) is -1.95. The van der Waals surface area contributed by atoms with Crippen molar-refractivity contribution in [3.63, 3.8) is 0 Å². The number of nitrogens with one attached hydrogen (secondary N) is 1. The summed E-state index contributed by atoms with van der Waals surface area (Å²) >= 11 is 0. The molecule has 5 rings (SSSR count). The summed E-state index contributed by atoms with van der Waals surface area (Å²) in [5.41, 5.74) is -0.558. The number of rotatable bonds is 5. The molecule has 0 bridgehead atoms. The molecule has 9 heteroatoms. The van der Waals surface area contributed by atoms with Gasteiger partial charge in [0.1, 0.15) is 6.10 Å². The minimum absolute atomic E-state index is 0.00907. The number of hydrogen-bond donors (Lipinski definition) is 3. The topological polar surface area (TPSA) is 104 Å². The van der Waals surface area contributed by atoms with Gasteiger partial charge < -0.3 is 15.5 Å². The molecule has 0 aromatic rings. The predicted octanol–water partition coefficient (Wildman–Crippen LogP) is 4.33. The first-order valence-corrected chi connectivity index (χ1v) is 16.7. The highest BCUT2D eigenvalue weighted by molar-refractivity contribution is 7.91. The van der Waals surface area contributed by atoms with Crippen molar-refractivity contribution in [2.45, 2.75) is 116 Å². The fourth-order valence-electron chi connectivity index (χ4n) is 10.2. The second kappa shape index (κ2) is 9.93. The van der Waals surface area contributed by atoms with E-state index in [9.17, 15) is 32.2 Å². The van der Waals surface area contributed by atoms with Crippen molar-refractivity contribution in [1.29, 1.82) is 0 Å². The lowest BCUT2D eigenvalue weighted by Crippen LogP contribution is -2.62. The van der Waals surface area contributed by atoms with Gasteiger partial charge in [0.15, 0.2) is 9.84 Å². The van der Waals surface area contributed by atoms with Gasteiger partial charge in [-0.1, -0.05) is 20.8 Å². The van der Waals surface area contributed by atoms with Crippen LogP contribution in [0.15, 0.2) is 0 Å². The monoisotopic (exact) mass is 559 g/mol. The van der Waals surface area contributed by atoms with Gasteiger partial charge in [-0.2, -0.15) is 0 Å². The summed E-state index contributed by atoms with van der Waals surface area (Å²) in [6.45, 7) is 6.53. The second-order valence-electron chi connectivity index (χ2n) is 14.3. The fourth-order valence-corrected chi connectivity index (χ4v) is 11.8. The van der Waals surface area contributed by atoms with Crippen molar-refractivity contribution in [3.8, 4) is 0 Å². The molecule has 0 radical (unpaired) electrons. The summed E-state index contributed by atoms with van der Waals surface area (Å²) in [4.78, 5) is 12.7. The Balaban J connectivity index is 1.23. The molecule has 0 aromatic carbocycles. The van der Waals surface area contributed by atoms with Crippen LogP contribution in [-0.4, -0.2) is 60.2 Å². The first kappa shape index (κ1) is 28.7. The molecule has 1 aliphatic heterocycles. The molecule has 1 saturated heterocycles. The molecule has 4 aliphatic carbocycles. The van der Waals surface area contributed by atoms with E-state index in [4.69, 9.17) is 0 Å². The Labute approximate surface area is 226 Å². The normalized spacial score (nSPS) is 48.3. The summed E-state index contributed by atoms with van der Waals surface area (Å²) in [6.07, 6.45) is 4.33. The van der Waals surface area contributed by atoms with E-state index in [0.717, 1.165) is 32.1 Å². The number of alkyl halides is 2. The molecule has 218 valence electrons. The zero-order chi connectivity index (χ0) is 27.7. The predicted molar refractivity (Wildman–Crippen MR) is 141 cm³/mol. The first-order valence-electron chi connectivity index (χ1n) is 14.9. The molecule has 38 heavy (non-hydrogen) atoms. The van der Waals surface area contributed by atoms with E-state index < -0.39 is 33.4 Å². The van der Waals surface area contributed by atoms with Gasteiger partial charge in [-0.25, -0.2) is 17.2 Å². The number of amides is 1. The number of aliphatic hydroxyl groups excluding tert-OH is 2. The zero-order valence-corrected chi connectivity index (χ0v) is 24.0. The van der Waals surface area contributed by atoms with E-state index >= 15 is 0 Å². The largest absolute Gasteiger partial charge is 0.393 e. The number of aliphatic hydroxyl groups is 2. The molecule has 1 unspecified atom stereocenters. The number of halogens is 2. The van der Waals surface area contributed by atoms with Crippen molar-refractivity contribution in [3.05, 3.63) is 0 Å². The van der Waals surface area contributed by atoms with Crippen molar-refractivity contribution in [1.82, 2.24) is 5.32 Å². The molecule has 4 saturated carbocycles. The number of fused-ring (bicyclic) bond motifs is 5. The Morgan fingerprint density at radius 2 is 1.76 bits per heavy atom. The number of sulfone groups is 1. The van der Waals surface area contributed by atoms with Gasteiger partial charge in [-0.15, -0.1) is 0 Å². The van der Waals surface area contributed by atoms with E-state index in [1.54, 1.807) is 0 Å². The highest BCUT2D eigenvalue weighted by Gasteiger charge is 2.66. The van der Waals surface area contributed by atoms with Crippen LogP contribution < -0.4 is 5.32 Å². The zero-order valence-electron chi connectivity index (χ0n) is 23.2. The third-order valence-corrected chi connectivity index (χ3v) is 13.9. The summed E-state index contributed by atoms with van der Waals surface area (Å²) < 4.78 is 53.3. The Morgan fingerprint density at radius 3 is 2.47 bits per heavy atom. The van der Waals surface area contributed by atoms with Crippen LogP contribution in [0.4, 0.5) is 8.78 Å². The molecule has 11 atom stereocenters. The summed E-state index contributed by atoms with van der Waals surface area (Å²) in [6, 6.07) is -0.286. The van der Waals surface area contributed by atoms with Gasteiger partial charge in [0.2, 0.25) is 5.91 Å². The van der Waals surface area contributed by atoms with E-state index in [2.05, 4.69) is 19.2 Å². The Morgan fingerprint density at radius 1 is 1.05 bits per heavy atom. The van der Waals surface area contributed by atoms with Crippen LogP contribution in [0.2, 0.25) is 0 Å². The third kappa shape index (κ3) is 4.95. The van der Waals surface area contributed by atoms with Gasteiger partial charge in [-0.3, -0.25) is 4.79 Å². The average Bonchev–Trinajstić information content (AvgIpc) is 3.16. The van der Waals surface area contributed by atoms with Crippen LogP contribution in [0.1, 0.15) is 91.4 Å². The minimum Gasteiger partial charge on any atom is -0.393 e. The summed E-state index contributed by atoms with van der Waals surface area (Å²) in [7, 11) is -3.07. The first-order chi connectivity index (χ1) is 17.7. The highest BCUT2D eigenvalue weighted by atomic mass is 32.2. The van der Waals surface area contributed by atoms with Crippen molar-refractivity contribution in [2.24, 2.45) is 46.3 Å². The van der Waals surface area contributed by atoms with Crippen LogP contribution in [0.25, 0.3) is 0 Å².